The molecule has 3 aromatic rings. The number of nitrogens with zero attached hydrogens (tertiary/aromatic N) is 3. The lowest BCUT2D eigenvalue weighted by Crippen LogP contribution is -2.08. The number of pyridine rings is 2. The van der Waals surface area contributed by atoms with Crippen molar-refractivity contribution in [3.63, 3.8) is 0 Å². The zero-order chi connectivity index (χ0) is 20.0. The molecule has 2 aliphatic rings. The molecule has 1 fully saturated rings. The van der Waals surface area contributed by atoms with Crippen LogP contribution in [0.2, 0.25) is 0 Å². The van der Waals surface area contributed by atoms with Gasteiger partial charge >= 0.3 is 5.69 Å². The van der Waals surface area contributed by atoms with Crippen molar-refractivity contribution >= 4 is 17.2 Å². The lowest BCUT2D eigenvalue weighted by atomic mass is 9.95. The molecule has 0 radical (unpaired) electrons. The van der Waals surface area contributed by atoms with Crippen LogP contribution in [-0.4, -0.2) is 21.5 Å². The minimum Gasteiger partial charge on any atom is -0.492 e. The lowest BCUT2D eigenvalue weighted by Gasteiger charge is -2.14. The number of hydrogen-bond donors (Lipinski definition) is 1. The molecule has 1 aliphatic carbocycles. The van der Waals surface area contributed by atoms with Gasteiger partial charge in [0, 0.05) is 29.3 Å². The molecule has 1 saturated carbocycles. The molecule has 5 rings (SSSR count). The van der Waals surface area contributed by atoms with Crippen molar-refractivity contribution in [3.8, 4) is 17.4 Å². The third kappa shape index (κ3) is 3.02. The fourth-order valence-corrected chi connectivity index (χ4v) is 3.67. The second-order valence-corrected chi connectivity index (χ2v) is 7.39. The maximum absolute atomic E-state index is 11.1. The number of fused-ring (bicyclic) bond motifs is 2. The predicted octanol–water partition coefficient (Wildman–Crippen LogP) is 4.65. The third-order valence-corrected chi connectivity index (χ3v) is 5.39. The Hall–Kier alpha value is -3.68. The van der Waals surface area contributed by atoms with Crippen molar-refractivity contribution in [2.75, 3.05) is 11.9 Å². The topological polar surface area (TPSA) is 99.4 Å². The van der Waals surface area contributed by atoms with Gasteiger partial charge in [0.15, 0.2) is 0 Å². The first-order valence-electron chi connectivity index (χ1n) is 9.33. The van der Waals surface area contributed by atoms with Crippen molar-refractivity contribution in [1.82, 2.24) is 9.97 Å². The number of rotatable bonds is 5. The Bertz CT molecular complexity index is 1110. The molecule has 0 bridgehead atoms. The van der Waals surface area contributed by atoms with E-state index in [1.165, 1.54) is 18.3 Å². The van der Waals surface area contributed by atoms with Crippen molar-refractivity contribution in [1.29, 1.82) is 0 Å². The zero-order valence-corrected chi connectivity index (χ0v) is 15.7. The van der Waals surface area contributed by atoms with Gasteiger partial charge in [-0.15, -0.1) is 0 Å². The Morgan fingerprint density at radius 2 is 2.07 bits per heavy atom. The normalized spacial score (nSPS) is 15.5. The summed E-state index contributed by atoms with van der Waals surface area (Å²) >= 11 is 0. The average molecular weight is 390 g/mol. The first-order valence-corrected chi connectivity index (χ1v) is 9.33. The van der Waals surface area contributed by atoms with E-state index in [2.05, 4.69) is 15.3 Å². The van der Waals surface area contributed by atoms with E-state index >= 15 is 0 Å². The summed E-state index contributed by atoms with van der Waals surface area (Å²) < 4.78 is 12.0. The van der Waals surface area contributed by atoms with Crippen LogP contribution in [-0.2, 0) is 5.41 Å². The second kappa shape index (κ2) is 6.44. The average Bonchev–Trinajstić information content (AvgIpc) is 3.39. The molecule has 3 heterocycles. The number of anilines is 2. The summed E-state index contributed by atoms with van der Waals surface area (Å²) in [6, 6.07) is 10.3. The molecular formula is C21H18N4O4. The fourth-order valence-electron chi connectivity index (χ4n) is 3.67. The van der Waals surface area contributed by atoms with Gasteiger partial charge < -0.3 is 14.8 Å². The second-order valence-electron chi connectivity index (χ2n) is 7.39. The van der Waals surface area contributed by atoms with Crippen LogP contribution in [0.1, 0.15) is 24.0 Å². The first kappa shape index (κ1) is 17.4. The van der Waals surface area contributed by atoms with Gasteiger partial charge in [-0.1, -0.05) is 6.07 Å². The van der Waals surface area contributed by atoms with Gasteiger partial charge in [0.2, 0.25) is 11.7 Å². The Morgan fingerprint density at radius 3 is 2.79 bits per heavy atom. The summed E-state index contributed by atoms with van der Waals surface area (Å²) in [4.78, 5) is 19.0. The molecule has 0 unspecified atom stereocenters. The highest BCUT2D eigenvalue weighted by atomic mass is 16.6. The number of ether oxygens (including phenoxy) is 2. The maximum atomic E-state index is 11.1. The summed E-state index contributed by atoms with van der Waals surface area (Å²) in [6.07, 6.45) is 5.28. The Labute approximate surface area is 166 Å². The van der Waals surface area contributed by atoms with Gasteiger partial charge in [-0.05, 0) is 43.5 Å². The molecule has 8 nitrogen and oxygen atoms in total. The van der Waals surface area contributed by atoms with Gasteiger partial charge in [0.05, 0.1) is 23.4 Å². The molecular weight excluding hydrogens is 372 g/mol. The van der Waals surface area contributed by atoms with E-state index in [4.69, 9.17) is 9.47 Å². The molecule has 146 valence electrons. The smallest absolute Gasteiger partial charge is 0.311 e. The molecule has 2 aromatic heterocycles. The number of aryl methyl sites for hydroxylation is 1. The number of aromatic nitrogens is 2. The molecule has 0 amide bonds. The summed E-state index contributed by atoms with van der Waals surface area (Å²) in [5.41, 5.74) is 2.83. The summed E-state index contributed by atoms with van der Waals surface area (Å²) in [6.45, 7) is 2.75. The van der Waals surface area contributed by atoms with E-state index in [0.29, 0.717) is 18.2 Å². The molecule has 0 atom stereocenters. The van der Waals surface area contributed by atoms with Crippen LogP contribution in [0.3, 0.4) is 0 Å². The van der Waals surface area contributed by atoms with Crippen LogP contribution in [0.5, 0.6) is 17.4 Å². The van der Waals surface area contributed by atoms with Crippen LogP contribution < -0.4 is 14.8 Å². The predicted molar refractivity (Wildman–Crippen MR) is 106 cm³/mol. The van der Waals surface area contributed by atoms with Gasteiger partial charge in [-0.2, -0.15) is 0 Å². The SMILES string of the molecule is Cc1ccc(Oc2ccc(Nc3ncccc3[N+](=O)[O-])cn2)c2c1OCC21CC1. The Balaban J connectivity index is 1.38. The van der Waals surface area contributed by atoms with Crippen LogP contribution in [0.25, 0.3) is 0 Å². The van der Waals surface area contributed by atoms with Crippen LogP contribution in [0.15, 0.2) is 48.8 Å². The number of hydrogen-bond acceptors (Lipinski definition) is 7. The van der Waals surface area contributed by atoms with Crippen LogP contribution >= 0.6 is 0 Å². The van der Waals surface area contributed by atoms with E-state index in [9.17, 15) is 10.1 Å². The highest BCUT2D eigenvalue weighted by Crippen LogP contribution is 2.59. The number of nitro groups is 1. The minimum atomic E-state index is -0.478. The van der Waals surface area contributed by atoms with Gasteiger partial charge in [0.25, 0.3) is 0 Å². The summed E-state index contributed by atoms with van der Waals surface area (Å²) in [7, 11) is 0. The lowest BCUT2D eigenvalue weighted by molar-refractivity contribution is -0.384. The van der Waals surface area contributed by atoms with E-state index in [-0.39, 0.29) is 16.9 Å². The Kier molecular flexibility index (Phi) is 3.87. The molecule has 1 aliphatic heterocycles. The zero-order valence-electron chi connectivity index (χ0n) is 15.7. The van der Waals surface area contributed by atoms with Gasteiger partial charge in [-0.3, -0.25) is 10.1 Å². The standard InChI is InChI=1S/C21H18N4O4/c1-13-4-6-16(18-19(13)28-12-21(18)8-9-21)29-17-7-5-14(11-23-17)24-20-15(25(26)27)3-2-10-22-20/h2-7,10-11H,8-9,12H2,1H3,(H,22,24). The number of benzene rings is 1. The molecule has 1 N–H and O–H groups in total. The number of nitrogens with one attached hydrogen (secondary N) is 1. The Morgan fingerprint density at radius 1 is 1.21 bits per heavy atom. The molecule has 1 spiro atoms. The summed E-state index contributed by atoms with van der Waals surface area (Å²) in [5.74, 6) is 2.31. The fraction of sp³-hybridized carbons (Fsp3) is 0.238. The van der Waals surface area contributed by atoms with Crippen molar-refractivity contribution in [2.24, 2.45) is 0 Å². The molecule has 8 heteroatoms. The highest BCUT2D eigenvalue weighted by Gasteiger charge is 2.53. The van der Waals surface area contributed by atoms with Crippen molar-refractivity contribution < 1.29 is 14.4 Å². The van der Waals surface area contributed by atoms with Crippen LogP contribution in [0, 0.1) is 17.0 Å². The highest BCUT2D eigenvalue weighted by molar-refractivity contribution is 5.65. The van der Waals surface area contributed by atoms with Crippen LogP contribution in [0.4, 0.5) is 17.2 Å². The van der Waals surface area contributed by atoms with E-state index < -0.39 is 4.92 Å². The van der Waals surface area contributed by atoms with E-state index in [1.807, 2.05) is 19.1 Å². The molecule has 1 aromatic carbocycles. The van der Waals surface area contributed by atoms with Gasteiger partial charge in [0.1, 0.15) is 11.5 Å². The monoisotopic (exact) mass is 390 g/mol. The van der Waals surface area contributed by atoms with Gasteiger partial charge in [-0.25, -0.2) is 9.97 Å². The summed E-state index contributed by atoms with van der Waals surface area (Å²) in [5, 5.41) is 14.0. The van der Waals surface area contributed by atoms with Crippen molar-refractivity contribution in [3.05, 3.63) is 70.0 Å². The van der Waals surface area contributed by atoms with E-state index in [1.54, 1.807) is 18.3 Å². The quantitative estimate of drug-likeness (QED) is 0.500. The third-order valence-electron chi connectivity index (χ3n) is 5.39. The van der Waals surface area contributed by atoms with Crippen molar-refractivity contribution in [2.45, 2.75) is 25.2 Å². The minimum absolute atomic E-state index is 0.0933. The molecule has 0 saturated heterocycles. The first-order chi connectivity index (χ1) is 14.1. The maximum Gasteiger partial charge on any atom is 0.311 e. The largest absolute Gasteiger partial charge is 0.492 e. The van der Waals surface area contributed by atoms with E-state index in [0.717, 1.165) is 35.5 Å². The molecule has 29 heavy (non-hydrogen) atoms.